The molecule has 0 aliphatic rings. The minimum absolute atomic E-state index is 0.0845. The van der Waals surface area contributed by atoms with E-state index in [2.05, 4.69) is 20.8 Å². The van der Waals surface area contributed by atoms with Crippen LogP contribution in [0.15, 0.2) is 36.7 Å². The molecule has 0 atom stereocenters. The van der Waals surface area contributed by atoms with Crippen LogP contribution in [-0.2, 0) is 11.2 Å². The summed E-state index contributed by atoms with van der Waals surface area (Å²) in [7, 11) is 0. The molecule has 1 aromatic carbocycles. The third-order valence-electron chi connectivity index (χ3n) is 2.30. The Balaban J connectivity index is 1.98. The number of rotatable bonds is 4. The molecular weight excluding hydrogens is 248 g/mol. The number of H-pyrrole nitrogens is 1. The van der Waals surface area contributed by atoms with E-state index in [0.29, 0.717) is 16.9 Å². The maximum absolute atomic E-state index is 11.6. The van der Waals surface area contributed by atoms with Gasteiger partial charge in [-0.05, 0) is 17.7 Å². The number of hydrogen-bond donors (Lipinski definition) is 4. The first-order chi connectivity index (χ1) is 9.13. The molecule has 0 unspecified atom stereocenters. The zero-order valence-corrected chi connectivity index (χ0v) is 9.88. The van der Waals surface area contributed by atoms with E-state index < -0.39 is 12.0 Å². The molecule has 0 radical (unpaired) electrons. The molecule has 1 heterocycles. The zero-order chi connectivity index (χ0) is 13.7. The molecule has 4 N–H and O–H groups in total. The summed E-state index contributed by atoms with van der Waals surface area (Å²) < 4.78 is 0. The van der Waals surface area contributed by atoms with Gasteiger partial charge in [-0.15, -0.1) is 0 Å². The van der Waals surface area contributed by atoms with Gasteiger partial charge in [-0.25, -0.2) is 4.79 Å². The largest absolute Gasteiger partial charge is 0.481 e. The number of urea groups is 1. The number of amides is 2. The second-order valence-electron chi connectivity index (χ2n) is 3.84. The smallest absolute Gasteiger partial charge is 0.323 e. The average molecular weight is 260 g/mol. The van der Waals surface area contributed by atoms with Gasteiger partial charge in [-0.2, -0.15) is 5.10 Å². The van der Waals surface area contributed by atoms with Crippen LogP contribution in [0.1, 0.15) is 5.56 Å². The highest BCUT2D eigenvalue weighted by molar-refractivity contribution is 5.99. The minimum Gasteiger partial charge on any atom is -0.481 e. The summed E-state index contributed by atoms with van der Waals surface area (Å²) in [6.07, 6.45) is 2.93. The van der Waals surface area contributed by atoms with Crippen LogP contribution in [0, 0.1) is 0 Å². The topological polar surface area (TPSA) is 107 Å². The van der Waals surface area contributed by atoms with Crippen molar-refractivity contribution >= 4 is 23.4 Å². The maximum atomic E-state index is 11.6. The number of carboxylic acids is 1. The summed E-state index contributed by atoms with van der Waals surface area (Å²) in [6.45, 7) is 0. The third kappa shape index (κ3) is 3.84. The van der Waals surface area contributed by atoms with E-state index >= 15 is 0 Å². The predicted molar refractivity (Wildman–Crippen MR) is 69.0 cm³/mol. The molecule has 0 fully saturated rings. The molecule has 0 aliphatic carbocycles. The molecule has 7 heteroatoms. The lowest BCUT2D eigenvalue weighted by molar-refractivity contribution is -0.136. The number of hydrogen-bond acceptors (Lipinski definition) is 3. The van der Waals surface area contributed by atoms with Crippen molar-refractivity contribution in [2.24, 2.45) is 0 Å². The molecule has 19 heavy (non-hydrogen) atoms. The van der Waals surface area contributed by atoms with Gasteiger partial charge >= 0.3 is 12.0 Å². The Hall–Kier alpha value is -2.83. The number of nitrogens with zero attached hydrogens (tertiary/aromatic N) is 1. The van der Waals surface area contributed by atoms with E-state index in [1.807, 2.05) is 0 Å². The Morgan fingerprint density at radius 1 is 1.26 bits per heavy atom. The molecule has 0 aliphatic heterocycles. The fourth-order valence-corrected chi connectivity index (χ4v) is 1.55. The van der Waals surface area contributed by atoms with Crippen molar-refractivity contribution < 1.29 is 14.7 Å². The molecular formula is C12H12N4O3. The summed E-state index contributed by atoms with van der Waals surface area (Å²) in [5.74, 6) is -0.917. The maximum Gasteiger partial charge on any atom is 0.323 e. The van der Waals surface area contributed by atoms with Crippen LogP contribution >= 0.6 is 0 Å². The summed E-state index contributed by atoms with van der Waals surface area (Å²) in [4.78, 5) is 22.2. The zero-order valence-electron chi connectivity index (χ0n) is 9.88. The van der Waals surface area contributed by atoms with Crippen LogP contribution in [0.3, 0.4) is 0 Å². The van der Waals surface area contributed by atoms with Gasteiger partial charge in [-0.3, -0.25) is 9.89 Å². The van der Waals surface area contributed by atoms with Crippen LogP contribution in [0.4, 0.5) is 16.2 Å². The third-order valence-corrected chi connectivity index (χ3v) is 2.30. The van der Waals surface area contributed by atoms with Crippen LogP contribution in [0.5, 0.6) is 0 Å². The Morgan fingerprint density at radius 2 is 2.05 bits per heavy atom. The van der Waals surface area contributed by atoms with Crippen LogP contribution in [0.2, 0.25) is 0 Å². The van der Waals surface area contributed by atoms with Crippen LogP contribution in [0.25, 0.3) is 0 Å². The number of aliphatic carboxylic acids is 1. The Bertz CT molecular complexity index is 580. The van der Waals surface area contributed by atoms with Gasteiger partial charge in [0, 0.05) is 11.9 Å². The van der Waals surface area contributed by atoms with E-state index in [1.165, 1.54) is 6.20 Å². The highest BCUT2D eigenvalue weighted by Crippen LogP contribution is 2.12. The number of nitrogens with one attached hydrogen (secondary N) is 3. The fraction of sp³-hybridized carbons (Fsp3) is 0.0833. The van der Waals surface area contributed by atoms with Gasteiger partial charge in [0.15, 0.2) is 0 Å². The van der Waals surface area contributed by atoms with Crippen molar-refractivity contribution in [1.29, 1.82) is 0 Å². The summed E-state index contributed by atoms with van der Waals surface area (Å²) in [5.41, 5.74) is 1.69. The molecule has 2 rings (SSSR count). The van der Waals surface area contributed by atoms with Gasteiger partial charge < -0.3 is 15.7 Å². The normalized spacial score (nSPS) is 9.89. The van der Waals surface area contributed by atoms with Gasteiger partial charge in [0.25, 0.3) is 0 Å². The number of carbonyl (C=O) groups is 2. The lowest BCUT2D eigenvalue weighted by Gasteiger charge is -2.07. The lowest BCUT2D eigenvalue weighted by atomic mass is 10.1. The molecule has 2 aromatic rings. The van der Waals surface area contributed by atoms with Gasteiger partial charge in [0.05, 0.1) is 18.3 Å². The molecule has 0 spiro atoms. The van der Waals surface area contributed by atoms with Crippen LogP contribution < -0.4 is 10.6 Å². The highest BCUT2D eigenvalue weighted by Gasteiger charge is 2.05. The summed E-state index contributed by atoms with van der Waals surface area (Å²) >= 11 is 0. The molecule has 7 nitrogen and oxygen atoms in total. The molecule has 0 bridgehead atoms. The number of aromatic nitrogens is 2. The van der Waals surface area contributed by atoms with Gasteiger partial charge in [0.1, 0.15) is 0 Å². The number of aromatic amines is 1. The van der Waals surface area contributed by atoms with E-state index in [4.69, 9.17) is 5.11 Å². The first-order valence-corrected chi connectivity index (χ1v) is 5.51. The Morgan fingerprint density at radius 3 is 2.74 bits per heavy atom. The lowest BCUT2D eigenvalue weighted by Crippen LogP contribution is -2.19. The van der Waals surface area contributed by atoms with Crippen molar-refractivity contribution in [1.82, 2.24) is 10.2 Å². The quantitative estimate of drug-likeness (QED) is 0.670. The number of carboxylic acid groups (broad SMARTS) is 1. The summed E-state index contributed by atoms with van der Waals surface area (Å²) in [5, 5.41) is 20.1. The predicted octanol–water partition coefficient (Wildman–Crippen LogP) is 1.68. The van der Waals surface area contributed by atoms with Gasteiger partial charge in [-0.1, -0.05) is 12.1 Å². The standard InChI is InChI=1S/C12H12N4O3/c17-11(18)5-8-2-1-3-9(4-8)15-12(19)16-10-6-13-14-7-10/h1-4,6-7H,5H2,(H,13,14)(H,17,18)(H2,15,16,19). The molecule has 0 saturated carbocycles. The number of anilines is 2. The Labute approximate surface area is 108 Å². The first kappa shape index (κ1) is 12.6. The first-order valence-electron chi connectivity index (χ1n) is 5.51. The minimum atomic E-state index is -0.917. The van der Waals surface area contributed by atoms with Crippen molar-refractivity contribution in [3.63, 3.8) is 0 Å². The van der Waals surface area contributed by atoms with E-state index in [1.54, 1.807) is 30.5 Å². The van der Waals surface area contributed by atoms with E-state index in [9.17, 15) is 9.59 Å². The monoisotopic (exact) mass is 260 g/mol. The molecule has 98 valence electrons. The van der Waals surface area contributed by atoms with Crippen molar-refractivity contribution in [3.8, 4) is 0 Å². The van der Waals surface area contributed by atoms with E-state index in [-0.39, 0.29) is 6.42 Å². The summed E-state index contributed by atoms with van der Waals surface area (Å²) in [6, 6.07) is 6.25. The van der Waals surface area contributed by atoms with Crippen molar-refractivity contribution in [2.75, 3.05) is 10.6 Å². The van der Waals surface area contributed by atoms with Crippen LogP contribution in [-0.4, -0.2) is 27.3 Å². The number of benzene rings is 1. The van der Waals surface area contributed by atoms with Gasteiger partial charge in [0.2, 0.25) is 0 Å². The SMILES string of the molecule is O=C(O)Cc1cccc(NC(=O)Nc2cn[nH]c2)c1. The molecule has 1 aromatic heterocycles. The second-order valence-corrected chi connectivity index (χ2v) is 3.84. The Kier molecular flexibility index (Phi) is 3.77. The second kappa shape index (κ2) is 5.67. The van der Waals surface area contributed by atoms with E-state index in [0.717, 1.165) is 0 Å². The fourth-order valence-electron chi connectivity index (χ4n) is 1.55. The highest BCUT2D eigenvalue weighted by atomic mass is 16.4. The average Bonchev–Trinajstić information content (AvgIpc) is 2.81. The van der Waals surface area contributed by atoms with Crippen molar-refractivity contribution in [2.45, 2.75) is 6.42 Å². The number of carbonyl (C=O) groups excluding carboxylic acids is 1. The van der Waals surface area contributed by atoms with Crippen molar-refractivity contribution in [3.05, 3.63) is 42.2 Å². The molecule has 0 saturated heterocycles. The molecule has 2 amide bonds.